The third-order valence-electron chi connectivity index (χ3n) is 15.7. The van der Waals surface area contributed by atoms with Crippen molar-refractivity contribution in [3.63, 3.8) is 0 Å². The lowest BCUT2D eigenvalue weighted by molar-refractivity contribution is 1.34. The van der Waals surface area contributed by atoms with Crippen LogP contribution in [0.1, 0.15) is 66.8 Å². The number of hydrogen-bond acceptors (Lipinski definition) is 1. The van der Waals surface area contributed by atoms with E-state index in [0.717, 1.165) is 0 Å². The summed E-state index contributed by atoms with van der Waals surface area (Å²) in [5.41, 5.74) is 32.0. The molecule has 346 valence electrons. The van der Waals surface area contributed by atoms with Crippen LogP contribution < -0.4 is 32.8 Å². The summed E-state index contributed by atoms with van der Waals surface area (Å²) in [5, 5.41) is 5.24. The molecule has 0 spiro atoms. The minimum atomic E-state index is 0.152. The standard InChI is InChI=1S/C68H62B2S/c1-39-28-43(5)65(44(6)29-39)69(66-45(7)30-40(2)31-46(66)8)56-23-18-51(19-24-56)53-16-17-55-37-61-58-27-22-54(38-63(58)71-62-15-13-14-59(64(61)62)60(55)36-53)52-20-25-57(26-21-52)70(67-47(9)32-41(3)33-48(67)10)68-49(11)34-42(4)35-50(68)12/h13-38H,1-12H3. The predicted molar refractivity (Wildman–Crippen MR) is 314 cm³/mol. The summed E-state index contributed by atoms with van der Waals surface area (Å²) in [6, 6.07) is 61.2. The molecule has 0 saturated heterocycles. The molecule has 11 rings (SSSR count). The lowest BCUT2D eigenvalue weighted by Gasteiger charge is -2.25. The van der Waals surface area contributed by atoms with E-state index in [-0.39, 0.29) is 13.4 Å². The molecule has 0 radical (unpaired) electrons. The Morgan fingerprint density at radius 3 is 1.10 bits per heavy atom. The molecule has 0 nitrogen and oxygen atoms in total. The van der Waals surface area contributed by atoms with E-state index >= 15 is 0 Å². The van der Waals surface area contributed by atoms with Crippen molar-refractivity contribution in [1.29, 1.82) is 0 Å². The van der Waals surface area contributed by atoms with Crippen molar-refractivity contribution in [2.24, 2.45) is 0 Å². The SMILES string of the molecule is Cc1cc(C)c(B(c2ccc(-c3ccc4c(c3)Sc3cccc5c3c-4cc3ccc(-c4ccc(B(c6c(C)cc(C)cc6C)c6c(C)cc(C)cc6C)cc4)cc35)cc2)c2c(C)cc(C)cc2C)c(C)c1. The number of rotatable bonds is 8. The van der Waals surface area contributed by atoms with Gasteiger partial charge in [-0.15, -0.1) is 0 Å². The van der Waals surface area contributed by atoms with Crippen LogP contribution in [0.3, 0.4) is 0 Å². The van der Waals surface area contributed by atoms with Crippen molar-refractivity contribution in [3.05, 3.63) is 224 Å². The van der Waals surface area contributed by atoms with Gasteiger partial charge in [-0.3, -0.25) is 0 Å². The summed E-state index contributed by atoms with van der Waals surface area (Å²) in [5.74, 6) is 0. The van der Waals surface area contributed by atoms with Gasteiger partial charge in [-0.25, -0.2) is 0 Å². The lowest BCUT2D eigenvalue weighted by Crippen LogP contribution is -2.55. The van der Waals surface area contributed by atoms with Crippen LogP contribution in [-0.2, 0) is 0 Å². The molecular formula is C68H62B2S. The predicted octanol–water partition coefficient (Wildman–Crippen LogP) is 14.2. The summed E-state index contributed by atoms with van der Waals surface area (Å²) in [6.07, 6.45) is 0. The van der Waals surface area contributed by atoms with Crippen LogP contribution in [0.15, 0.2) is 168 Å². The van der Waals surface area contributed by atoms with Crippen LogP contribution >= 0.6 is 11.8 Å². The van der Waals surface area contributed by atoms with Gasteiger partial charge >= 0.3 is 0 Å². The molecular weight excluding hydrogens is 870 g/mol. The van der Waals surface area contributed by atoms with Crippen LogP contribution in [0.2, 0.25) is 0 Å². The van der Waals surface area contributed by atoms with Gasteiger partial charge in [-0.2, -0.15) is 0 Å². The van der Waals surface area contributed by atoms with Gasteiger partial charge in [-0.05, 0) is 157 Å². The van der Waals surface area contributed by atoms with E-state index in [0.29, 0.717) is 0 Å². The van der Waals surface area contributed by atoms with Crippen molar-refractivity contribution in [2.75, 3.05) is 0 Å². The van der Waals surface area contributed by atoms with E-state index in [1.165, 1.54) is 164 Å². The fourth-order valence-electron chi connectivity index (χ4n) is 13.1. The third-order valence-corrected chi connectivity index (χ3v) is 16.8. The Bertz CT molecular complexity index is 3590. The summed E-state index contributed by atoms with van der Waals surface area (Å²) < 4.78 is 0. The van der Waals surface area contributed by atoms with Crippen LogP contribution in [0, 0.1) is 83.1 Å². The molecule has 0 unspecified atom stereocenters. The molecule has 0 bridgehead atoms. The Labute approximate surface area is 427 Å². The summed E-state index contributed by atoms with van der Waals surface area (Å²) >= 11 is 1.91. The first kappa shape index (κ1) is 46.6. The molecule has 10 aromatic rings. The van der Waals surface area contributed by atoms with E-state index in [4.69, 9.17) is 0 Å². The molecule has 0 saturated carbocycles. The van der Waals surface area contributed by atoms with Gasteiger partial charge < -0.3 is 0 Å². The molecule has 0 amide bonds. The Morgan fingerprint density at radius 1 is 0.296 bits per heavy atom. The highest BCUT2D eigenvalue weighted by Gasteiger charge is 2.30. The largest absolute Gasteiger partial charge is 0.242 e. The van der Waals surface area contributed by atoms with Gasteiger partial charge in [0.15, 0.2) is 0 Å². The molecule has 0 N–H and O–H groups in total. The summed E-state index contributed by atoms with van der Waals surface area (Å²) in [6.45, 7) is 27.4. The van der Waals surface area contributed by atoms with Crippen molar-refractivity contribution < 1.29 is 0 Å². The van der Waals surface area contributed by atoms with E-state index in [1.807, 2.05) is 11.8 Å². The van der Waals surface area contributed by atoms with E-state index in [2.05, 4.69) is 241 Å². The molecule has 1 aliphatic rings. The first-order chi connectivity index (χ1) is 34.1. The number of aryl methyl sites for hydroxylation is 12. The number of fused-ring (bicyclic) bond motifs is 4. The summed E-state index contributed by atoms with van der Waals surface area (Å²) in [7, 11) is 0. The van der Waals surface area contributed by atoms with E-state index < -0.39 is 0 Å². The van der Waals surface area contributed by atoms with Crippen LogP contribution in [0.5, 0.6) is 0 Å². The number of hydrogen-bond donors (Lipinski definition) is 0. The first-order valence-electron chi connectivity index (χ1n) is 25.4. The quantitative estimate of drug-likeness (QED) is 0.108. The van der Waals surface area contributed by atoms with Crippen molar-refractivity contribution >= 4 is 79.5 Å². The Kier molecular flexibility index (Phi) is 11.9. The Morgan fingerprint density at radius 2 is 0.676 bits per heavy atom. The monoisotopic (exact) mass is 932 g/mol. The zero-order valence-electron chi connectivity index (χ0n) is 43.6. The maximum Gasteiger partial charge on any atom is 0.242 e. The molecule has 3 heteroatoms. The zero-order chi connectivity index (χ0) is 49.6. The second-order valence-electron chi connectivity index (χ2n) is 21.2. The van der Waals surface area contributed by atoms with Gasteiger partial charge in [0.2, 0.25) is 13.4 Å². The van der Waals surface area contributed by atoms with E-state index in [1.54, 1.807) is 0 Å². The highest BCUT2D eigenvalue weighted by Crippen LogP contribution is 2.50. The maximum absolute atomic E-state index is 2.44. The van der Waals surface area contributed by atoms with Crippen LogP contribution in [0.4, 0.5) is 0 Å². The summed E-state index contributed by atoms with van der Waals surface area (Å²) in [4.78, 5) is 2.63. The minimum absolute atomic E-state index is 0.152. The molecule has 10 aromatic carbocycles. The second kappa shape index (κ2) is 18.1. The Balaban J connectivity index is 0.935. The van der Waals surface area contributed by atoms with Crippen LogP contribution in [-0.4, -0.2) is 13.4 Å². The third kappa shape index (κ3) is 8.27. The van der Waals surface area contributed by atoms with Gasteiger partial charge in [0.05, 0.1) is 0 Å². The van der Waals surface area contributed by atoms with Crippen LogP contribution in [0.25, 0.3) is 54.9 Å². The zero-order valence-corrected chi connectivity index (χ0v) is 44.4. The fraction of sp³-hybridized carbons (Fsp3) is 0.176. The fourth-order valence-corrected chi connectivity index (χ4v) is 14.2. The average molecular weight is 933 g/mol. The van der Waals surface area contributed by atoms with Gasteiger partial charge in [0, 0.05) is 15.2 Å². The first-order valence-corrected chi connectivity index (χ1v) is 26.3. The van der Waals surface area contributed by atoms with Gasteiger partial charge in [-0.1, -0.05) is 245 Å². The maximum atomic E-state index is 2.44. The van der Waals surface area contributed by atoms with Gasteiger partial charge in [0.25, 0.3) is 0 Å². The topological polar surface area (TPSA) is 0 Å². The Hall–Kier alpha value is -6.80. The lowest BCUT2D eigenvalue weighted by atomic mass is 9.34. The van der Waals surface area contributed by atoms with Crippen molar-refractivity contribution in [1.82, 2.24) is 0 Å². The highest BCUT2D eigenvalue weighted by molar-refractivity contribution is 7.99. The van der Waals surface area contributed by atoms with E-state index in [9.17, 15) is 0 Å². The number of benzene rings is 10. The molecule has 0 atom stereocenters. The van der Waals surface area contributed by atoms with Gasteiger partial charge in [0.1, 0.15) is 0 Å². The average Bonchev–Trinajstić information content (AvgIpc) is 3.32. The highest BCUT2D eigenvalue weighted by atomic mass is 32.2. The molecule has 1 aliphatic heterocycles. The second-order valence-corrected chi connectivity index (χ2v) is 22.3. The van der Waals surface area contributed by atoms with Crippen molar-refractivity contribution in [2.45, 2.75) is 92.9 Å². The van der Waals surface area contributed by atoms with Crippen molar-refractivity contribution in [3.8, 4) is 33.4 Å². The molecule has 71 heavy (non-hydrogen) atoms. The molecule has 0 fully saturated rings. The molecule has 0 aliphatic carbocycles. The molecule has 1 heterocycles. The minimum Gasteiger partial charge on any atom is -0.0888 e. The smallest absolute Gasteiger partial charge is 0.0888 e. The molecule has 0 aromatic heterocycles. The normalized spacial score (nSPS) is 11.9.